The molecule has 2 atom stereocenters. The molecule has 7 nitrogen and oxygen atoms in total. The SMILES string of the molecule is CCC(C)NC(=O)C(Cc1ccccc1)N(Cc1ccc(F)cc1)C(=O)CCCN(c1ccc(C)c(C)c1)S(C)(=O)=O. The van der Waals surface area contributed by atoms with Crippen LogP contribution in [-0.4, -0.2) is 50.0 Å². The quantitative estimate of drug-likeness (QED) is 0.265. The molecule has 3 aromatic rings. The van der Waals surface area contributed by atoms with Gasteiger partial charge < -0.3 is 10.2 Å². The third-order valence-electron chi connectivity index (χ3n) is 7.47. The van der Waals surface area contributed by atoms with E-state index in [0.29, 0.717) is 17.7 Å². The van der Waals surface area contributed by atoms with Crippen LogP contribution >= 0.6 is 0 Å². The van der Waals surface area contributed by atoms with Gasteiger partial charge in [-0.05, 0) is 80.1 Å². The summed E-state index contributed by atoms with van der Waals surface area (Å²) in [6.07, 6.45) is 2.47. The van der Waals surface area contributed by atoms with Crippen molar-refractivity contribution in [3.05, 3.63) is 101 Å². The van der Waals surface area contributed by atoms with Crippen LogP contribution in [-0.2, 0) is 32.6 Å². The minimum absolute atomic E-state index is 0.0277. The molecule has 0 saturated carbocycles. The Labute approximate surface area is 249 Å². The van der Waals surface area contributed by atoms with Crippen LogP contribution in [0, 0.1) is 19.7 Å². The molecule has 226 valence electrons. The van der Waals surface area contributed by atoms with Crippen LogP contribution < -0.4 is 9.62 Å². The molecule has 0 aliphatic carbocycles. The Morgan fingerprint density at radius 3 is 2.19 bits per heavy atom. The average Bonchev–Trinajstić information content (AvgIpc) is 2.95. The molecule has 1 N–H and O–H groups in total. The fourth-order valence-electron chi connectivity index (χ4n) is 4.67. The first-order valence-electron chi connectivity index (χ1n) is 14.3. The minimum Gasteiger partial charge on any atom is -0.352 e. The summed E-state index contributed by atoms with van der Waals surface area (Å²) in [5.41, 5.74) is 4.16. The van der Waals surface area contributed by atoms with Gasteiger partial charge in [-0.25, -0.2) is 12.8 Å². The first-order chi connectivity index (χ1) is 19.9. The van der Waals surface area contributed by atoms with Gasteiger partial charge in [-0.15, -0.1) is 0 Å². The number of halogens is 1. The van der Waals surface area contributed by atoms with Gasteiger partial charge >= 0.3 is 0 Å². The summed E-state index contributed by atoms with van der Waals surface area (Å²) in [4.78, 5) is 29.0. The van der Waals surface area contributed by atoms with Crippen LogP contribution in [0.1, 0.15) is 55.4 Å². The first-order valence-corrected chi connectivity index (χ1v) is 16.2. The van der Waals surface area contributed by atoms with Crippen molar-refractivity contribution in [2.45, 2.75) is 72.0 Å². The number of sulfonamides is 1. The van der Waals surface area contributed by atoms with Crippen molar-refractivity contribution in [3.8, 4) is 0 Å². The number of rotatable bonds is 14. The molecule has 3 rings (SSSR count). The molecule has 0 saturated heterocycles. The summed E-state index contributed by atoms with van der Waals surface area (Å²) >= 11 is 0. The van der Waals surface area contributed by atoms with Gasteiger partial charge in [0.1, 0.15) is 11.9 Å². The highest BCUT2D eigenvalue weighted by atomic mass is 32.2. The Bertz CT molecular complexity index is 1450. The third-order valence-corrected chi connectivity index (χ3v) is 8.66. The van der Waals surface area contributed by atoms with Crippen molar-refractivity contribution in [1.29, 1.82) is 0 Å². The van der Waals surface area contributed by atoms with E-state index in [9.17, 15) is 22.4 Å². The second-order valence-corrected chi connectivity index (χ2v) is 12.8. The van der Waals surface area contributed by atoms with E-state index < -0.39 is 16.1 Å². The first kappa shape index (κ1) is 32.8. The number of nitrogens with zero attached hydrogens (tertiary/aromatic N) is 2. The topological polar surface area (TPSA) is 86.8 Å². The Balaban J connectivity index is 1.89. The van der Waals surface area contributed by atoms with Crippen molar-refractivity contribution < 1.29 is 22.4 Å². The molecular formula is C33H42FN3O4S. The van der Waals surface area contributed by atoms with Crippen molar-refractivity contribution in [3.63, 3.8) is 0 Å². The van der Waals surface area contributed by atoms with Gasteiger partial charge in [-0.3, -0.25) is 13.9 Å². The highest BCUT2D eigenvalue weighted by Gasteiger charge is 2.31. The number of hydrogen-bond donors (Lipinski definition) is 1. The van der Waals surface area contributed by atoms with E-state index in [-0.39, 0.29) is 49.6 Å². The number of carbonyl (C=O) groups excluding carboxylic acids is 2. The lowest BCUT2D eigenvalue weighted by Crippen LogP contribution is -2.52. The fourth-order valence-corrected chi connectivity index (χ4v) is 5.62. The number of anilines is 1. The summed E-state index contributed by atoms with van der Waals surface area (Å²) in [6.45, 7) is 7.99. The van der Waals surface area contributed by atoms with Crippen LogP contribution in [0.4, 0.5) is 10.1 Å². The lowest BCUT2D eigenvalue weighted by atomic mass is 10.0. The van der Waals surface area contributed by atoms with E-state index in [1.165, 1.54) is 16.4 Å². The highest BCUT2D eigenvalue weighted by molar-refractivity contribution is 7.92. The maximum atomic E-state index is 13.9. The van der Waals surface area contributed by atoms with E-state index in [2.05, 4.69) is 5.32 Å². The molecule has 0 fully saturated rings. The molecule has 9 heteroatoms. The summed E-state index contributed by atoms with van der Waals surface area (Å²) in [6, 6.07) is 19.9. The lowest BCUT2D eigenvalue weighted by Gasteiger charge is -2.32. The second kappa shape index (κ2) is 15.0. The molecule has 2 unspecified atom stereocenters. The normalized spacial score (nSPS) is 12.8. The van der Waals surface area contributed by atoms with E-state index in [4.69, 9.17) is 0 Å². The number of benzene rings is 3. The van der Waals surface area contributed by atoms with Crippen LogP contribution in [0.3, 0.4) is 0 Å². The summed E-state index contributed by atoms with van der Waals surface area (Å²) in [5, 5.41) is 3.03. The minimum atomic E-state index is -3.60. The Kier molecular flexibility index (Phi) is 11.7. The fraction of sp³-hybridized carbons (Fsp3) is 0.394. The highest BCUT2D eigenvalue weighted by Crippen LogP contribution is 2.23. The zero-order valence-electron chi connectivity index (χ0n) is 25.1. The van der Waals surface area contributed by atoms with Gasteiger partial charge in [0.15, 0.2) is 0 Å². The summed E-state index contributed by atoms with van der Waals surface area (Å²) in [7, 11) is -3.60. The molecule has 0 aliphatic rings. The number of amides is 2. The maximum absolute atomic E-state index is 13.9. The van der Waals surface area contributed by atoms with Crippen LogP contribution in [0.15, 0.2) is 72.8 Å². The number of carbonyl (C=O) groups is 2. The van der Waals surface area contributed by atoms with Gasteiger partial charge in [0.05, 0.1) is 11.9 Å². The Morgan fingerprint density at radius 2 is 1.60 bits per heavy atom. The molecule has 0 aliphatic heterocycles. The van der Waals surface area contributed by atoms with Crippen molar-refractivity contribution in [2.75, 3.05) is 17.1 Å². The summed E-state index contributed by atoms with van der Waals surface area (Å²) < 4.78 is 40.4. The van der Waals surface area contributed by atoms with Gasteiger partial charge in [-0.2, -0.15) is 0 Å². The monoisotopic (exact) mass is 595 g/mol. The smallest absolute Gasteiger partial charge is 0.243 e. The summed E-state index contributed by atoms with van der Waals surface area (Å²) in [5.74, 6) is -0.941. The molecule has 0 radical (unpaired) electrons. The van der Waals surface area contributed by atoms with E-state index in [1.54, 1.807) is 23.1 Å². The molecule has 0 aromatic heterocycles. The standard InChI is InChI=1S/C33H42FN3O4S/c1-6-26(4)35-33(39)31(22-27-11-8-7-9-12-27)36(23-28-15-17-29(34)18-16-28)32(38)13-10-20-37(42(5,40)41)30-19-14-24(2)25(3)21-30/h7-9,11-12,14-19,21,26,31H,6,10,13,20,22-23H2,1-5H3,(H,35,39). The van der Waals surface area contributed by atoms with E-state index >= 15 is 0 Å². The second-order valence-electron chi connectivity index (χ2n) is 10.9. The molecule has 3 aromatic carbocycles. The van der Waals surface area contributed by atoms with Crippen LogP contribution in [0.2, 0.25) is 0 Å². The van der Waals surface area contributed by atoms with Gasteiger partial charge in [0.2, 0.25) is 21.8 Å². The van der Waals surface area contributed by atoms with Crippen molar-refractivity contribution in [2.24, 2.45) is 0 Å². The molecular weight excluding hydrogens is 553 g/mol. The maximum Gasteiger partial charge on any atom is 0.243 e. The van der Waals surface area contributed by atoms with E-state index in [0.717, 1.165) is 29.4 Å². The molecule has 42 heavy (non-hydrogen) atoms. The van der Waals surface area contributed by atoms with Gasteiger partial charge in [-0.1, -0.05) is 55.5 Å². The molecule has 2 amide bonds. The number of aryl methyl sites for hydroxylation is 2. The van der Waals surface area contributed by atoms with Gasteiger partial charge in [0, 0.05) is 32.0 Å². The number of nitrogens with one attached hydrogen (secondary N) is 1. The van der Waals surface area contributed by atoms with Crippen molar-refractivity contribution >= 4 is 27.5 Å². The molecule has 0 bridgehead atoms. The average molecular weight is 596 g/mol. The van der Waals surface area contributed by atoms with Gasteiger partial charge in [0.25, 0.3) is 0 Å². The molecule has 0 heterocycles. The van der Waals surface area contributed by atoms with Crippen LogP contribution in [0.5, 0.6) is 0 Å². The zero-order valence-corrected chi connectivity index (χ0v) is 26.0. The lowest BCUT2D eigenvalue weighted by molar-refractivity contribution is -0.141. The third kappa shape index (κ3) is 9.41. The zero-order chi connectivity index (χ0) is 30.9. The van der Waals surface area contributed by atoms with E-state index in [1.807, 2.05) is 70.2 Å². The number of hydrogen-bond acceptors (Lipinski definition) is 4. The van der Waals surface area contributed by atoms with Crippen molar-refractivity contribution in [1.82, 2.24) is 10.2 Å². The predicted octanol–water partition coefficient (Wildman–Crippen LogP) is 5.54. The molecule has 0 spiro atoms. The Hall–Kier alpha value is -3.72. The predicted molar refractivity (Wildman–Crippen MR) is 166 cm³/mol. The largest absolute Gasteiger partial charge is 0.352 e. The van der Waals surface area contributed by atoms with Crippen LogP contribution in [0.25, 0.3) is 0 Å². The Morgan fingerprint density at radius 1 is 0.929 bits per heavy atom.